The van der Waals surface area contributed by atoms with E-state index < -0.39 is 21.7 Å². The highest BCUT2D eigenvalue weighted by atomic mass is 32.2. The van der Waals surface area contributed by atoms with Crippen LogP contribution in [0.1, 0.15) is 26.3 Å². The van der Waals surface area contributed by atoms with Crippen LogP contribution in [0.5, 0.6) is 0 Å². The average Bonchev–Trinajstić information content (AvgIpc) is 3.44. The largest absolute Gasteiger partial charge is 0.443 e. The van der Waals surface area contributed by atoms with Crippen LogP contribution in [0, 0.1) is 0 Å². The molecule has 4 aromatic rings. The van der Waals surface area contributed by atoms with Crippen molar-refractivity contribution in [3.63, 3.8) is 0 Å². The van der Waals surface area contributed by atoms with Gasteiger partial charge in [0.05, 0.1) is 11.5 Å². The minimum atomic E-state index is -3.73. The number of benzene rings is 3. The second-order valence-electron chi connectivity index (χ2n) is 10.9. The molecule has 1 amide bonds. The van der Waals surface area contributed by atoms with E-state index in [9.17, 15) is 18.0 Å². The monoisotopic (exact) mass is 592 g/mol. The lowest BCUT2D eigenvalue weighted by atomic mass is 10.1. The van der Waals surface area contributed by atoms with Crippen molar-refractivity contribution < 1.29 is 27.5 Å². The average molecular weight is 593 g/mol. The van der Waals surface area contributed by atoms with Crippen molar-refractivity contribution in [1.82, 2.24) is 18.8 Å². The van der Waals surface area contributed by atoms with Crippen LogP contribution in [0.2, 0.25) is 0 Å². The SMILES string of the molecule is CN(Cc1ccc(-c2nccn2C(=O)OC(C)(C)C)cc1)C(=O)COCCN(C)S(=O)(=O)c1cccc2ccccc12. The van der Waals surface area contributed by atoms with Crippen LogP contribution in [0.4, 0.5) is 4.79 Å². The smallest absolute Gasteiger partial charge is 0.420 e. The van der Waals surface area contributed by atoms with Crippen LogP contribution in [-0.4, -0.2) is 78.6 Å². The number of hydrogen-bond donors (Lipinski definition) is 0. The number of imidazole rings is 1. The molecule has 0 unspecified atom stereocenters. The fourth-order valence-electron chi connectivity index (χ4n) is 4.27. The van der Waals surface area contributed by atoms with Gasteiger partial charge in [-0.05, 0) is 37.8 Å². The van der Waals surface area contributed by atoms with Gasteiger partial charge in [-0.3, -0.25) is 4.79 Å². The summed E-state index contributed by atoms with van der Waals surface area (Å²) in [5.74, 6) is 0.222. The molecule has 11 heteroatoms. The van der Waals surface area contributed by atoms with Gasteiger partial charge in [-0.25, -0.2) is 22.8 Å². The molecule has 42 heavy (non-hydrogen) atoms. The minimum Gasteiger partial charge on any atom is -0.443 e. The Bertz CT molecular complexity index is 1650. The third kappa shape index (κ3) is 7.41. The van der Waals surface area contributed by atoms with Gasteiger partial charge in [0.25, 0.3) is 0 Å². The van der Waals surface area contributed by atoms with E-state index in [1.807, 2.05) is 48.5 Å². The number of carbonyl (C=O) groups is 2. The third-order valence-corrected chi connectivity index (χ3v) is 8.42. The summed E-state index contributed by atoms with van der Waals surface area (Å²) in [7, 11) is -0.562. The number of fused-ring (bicyclic) bond motifs is 1. The van der Waals surface area contributed by atoms with Crippen molar-refractivity contribution in [2.45, 2.75) is 37.8 Å². The highest BCUT2D eigenvalue weighted by Gasteiger charge is 2.23. The van der Waals surface area contributed by atoms with Gasteiger partial charge in [-0.1, -0.05) is 60.7 Å². The maximum atomic E-state index is 13.2. The first kappa shape index (κ1) is 30.9. The molecule has 10 nitrogen and oxygen atoms in total. The highest BCUT2D eigenvalue weighted by Crippen LogP contribution is 2.25. The number of sulfonamides is 1. The second-order valence-corrected chi connectivity index (χ2v) is 12.9. The Hall–Kier alpha value is -4.06. The predicted octanol–water partition coefficient (Wildman–Crippen LogP) is 4.78. The van der Waals surface area contributed by atoms with Crippen molar-refractivity contribution in [2.24, 2.45) is 0 Å². The quantitative estimate of drug-likeness (QED) is 0.244. The number of rotatable bonds is 10. The third-order valence-electron chi connectivity index (χ3n) is 6.50. The fourth-order valence-corrected chi connectivity index (χ4v) is 5.63. The van der Waals surface area contributed by atoms with E-state index in [1.54, 1.807) is 52.2 Å². The summed E-state index contributed by atoms with van der Waals surface area (Å²) in [5.41, 5.74) is 0.981. The van der Waals surface area contributed by atoms with E-state index in [0.717, 1.165) is 16.5 Å². The van der Waals surface area contributed by atoms with E-state index in [2.05, 4.69) is 4.98 Å². The number of nitrogens with zero attached hydrogens (tertiary/aromatic N) is 4. The highest BCUT2D eigenvalue weighted by molar-refractivity contribution is 7.89. The standard InChI is InChI=1S/C31H36N4O6S/c1-31(2,3)41-30(37)35-18-17-32-29(35)25-15-13-23(14-16-25)21-33(4)28(36)22-40-20-19-34(5)42(38,39)27-12-8-10-24-9-6-7-11-26(24)27/h6-18H,19-22H2,1-5H3. The molecule has 0 aliphatic carbocycles. The first-order valence-corrected chi connectivity index (χ1v) is 14.9. The Kier molecular flexibility index (Phi) is 9.45. The lowest BCUT2D eigenvalue weighted by molar-refractivity contribution is -0.135. The number of likely N-dealkylation sites (N-methyl/N-ethyl adjacent to an activating group) is 2. The normalized spacial score (nSPS) is 12.0. The Balaban J connectivity index is 1.27. The second kappa shape index (κ2) is 12.8. The molecular weight excluding hydrogens is 556 g/mol. The molecule has 4 rings (SSSR count). The lowest BCUT2D eigenvalue weighted by Crippen LogP contribution is -2.33. The van der Waals surface area contributed by atoms with Crippen LogP contribution in [-0.2, 0) is 30.8 Å². The van der Waals surface area contributed by atoms with Crippen LogP contribution < -0.4 is 0 Å². The van der Waals surface area contributed by atoms with E-state index in [4.69, 9.17) is 9.47 Å². The molecule has 0 radical (unpaired) electrons. The minimum absolute atomic E-state index is 0.0685. The summed E-state index contributed by atoms with van der Waals surface area (Å²) < 4.78 is 39.9. The van der Waals surface area contributed by atoms with Gasteiger partial charge < -0.3 is 14.4 Å². The molecule has 0 spiro atoms. The molecule has 0 aliphatic heterocycles. The van der Waals surface area contributed by atoms with Crippen molar-refractivity contribution in [1.29, 1.82) is 0 Å². The zero-order valence-corrected chi connectivity index (χ0v) is 25.3. The molecule has 0 saturated heterocycles. The van der Waals surface area contributed by atoms with Gasteiger partial charge in [0, 0.05) is 50.5 Å². The maximum Gasteiger partial charge on any atom is 0.420 e. The first-order valence-electron chi connectivity index (χ1n) is 13.5. The fraction of sp³-hybridized carbons (Fsp3) is 0.323. The van der Waals surface area contributed by atoms with E-state index >= 15 is 0 Å². The van der Waals surface area contributed by atoms with E-state index in [0.29, 0.717) is 17.8 Å². The van der Waals surface area contributed by atoms with Gasteiger partial charge in [0.1, 0.15) is 18.0 Å². The van der Waals surface area contributed by atoms with E-state index in [-0.39, 0.29) is 30.6 Å². The molecule has 0 N–H and O–H groups in total. The molecule has 222 valence electrons. The predicted molar refractivity (Wildman–Crippen MR) is 160 cm³/mol. The van der Waals surface area contributed by atoms with Gasteiger partial charge in [-0.2, -0.15) is 4.31 Å². The molecule has 0 bridgehead atoms. The summed E-state index contributed by atoms with van der Waals surface area (Å²) in [5, 5.41) is 1.50. The summed E-state index contributed by atoms with van der Waals surface area (Å²) in [6.45, 7) is 5.74. The van der Waals surface area contributed by atoms with Gasteiger partial charge in [-0.15, -0.1) is 0 Å². The molecule has 0 atom stereocenters. The molecular formula is C31H36N4O6S. The van der Waals surface area contributed by atoms with Crippen LogP contribution in [0.15, 0.2) is 84.0 Å². The number of carbonyl (C=O) groups excluding carboxylic acids is 2. The summed E-state index contributed by atoms with van der Waals surface area (Å²) in [6, 6.07) is 19.9. The van der Waals surface area contributed by atoms with Crippen LogP contribution >= 0.6 is 0 Å². The Morgan fingerprint density at radius 2 is 1.64 bits per heavy atom. The topological polar surface area (TPSA) is 111 Å². The summed E-state index contributed by atoms with van der Waals surface area (Å²) in [4.78, 5) is 31.2. The first-order chi connectivity index (χ1) is 19.9. The Morgan fingerprint density at radius 3 is 2.36 bits per heavy atom. The summed E-state index contributed by atoms with van der Waals surface area (Å²) in [6.07, 6.45) is 2.58. The summed E-state index contributed by atoms with van der Waals surface area (Å²) >= 11 is 0. The molecule has 3 aromatic carbocycles. The maximum absolute atomic E-state index is 13.2. The van der Waals surface area contributed by atoms with Gasteiger partial charge >= 0.3 is 6.09 Å². The van der Waals surface area contributed by atoms with Crippen molar-refractivity contribution >= 4 is 32.8 Å². The van der Waals surface area contributed by atoms with Gasteiger partial charge in [0.15, 0.2) is 0 Å². The Labute approximate surface area is 246 Å². The molecule has 1 heterocycles. The van der Waals surface area contributed by atoms with Crippen molar-refractivity contribution in [2.75, 3.05) is 33.9 Å². The molecule has 0 fully saturated rings. The molecule has 1 aromatic heterocycles. The van der Waals surface area contributed by atoms with Crippen molar-refractivity contribution in [3.8, 4) is 11.4 Å². The Morgan fingerprint density at radius 1 is 0.952 bits per heavy atom. The van der Waals surface area contributed by atoms with Crippen LogP contribution in [0.3, 0.4) is 0 Å². The number of aromatic nitrogens is 2. The zero-order valence-electron chi connectivity index (χ0n) is 24.5. The molecule has 0 saturated carbocycles. The van der Waals surface area contributed by atoms with Crippen LogP contribution in [0.25, 0.3) is 22.2 Å². The van der Waals surface area contributed by atoms with E-state index in [1.165, 1.54) is 27.0 Å². The zero-order chi connectivity index (χ0) is 30.5. The number of amides is 1. The lowest BCUT2D eigenvalue weighted by Gasteiger charge is -2.20. The number of ether oxygens (including phenoxy) is 2. The number of hydrogen-bond acceptors (Lipinski definition) is 7. The van der Waals surface area contributed by atoms with Gasteiger partial charge in [0.2, 0.25) is 15.9 Å². The van der Waals surface area contributed by atoms with Crippen molar-refractivity contribution in [3.05, 3.63) is 84.7 Å². The molecule has 0 aliphatic rings.